The van der Waals surface area contributed by atoms with Crippen LogP contribution in [0.4, 0.5) is 51.7 Å². The van der Waals surface area contributed by atoms with E-state index in [0.717, 1.165) is 22.3 Å². The van der Waals surface area contributed by atoms with E-state index in [1.807, 2.05) is 94.7 Å². The van der Waals surface area contributed by atoms with E-state index in [0.29, 0.717) is 56.8 Å². The van der Waals surface area contributed by atoms with Crippen LogP contribution < -0.4 is 33.5 Å². The summed E-state index contributed by atoms with van der Waals surface area (Å²) in [5.74, 6) is -0.289. The minimum absolute atomic E-state index is 0.0912. The minimum Gasteiger partial charge on any atom is -0.497 e. The second kappa shape index (κ2) is 15.8. The predicted octanol–water partition coefficient (Wildman–Crippen LogP) is 13.7. The molecule has 1 heterocycles. The third-order valence-corrected chi connectivity index (χ3v) is 12.0. The zero-order valence-electron chi connectivity index (χ0n) is 35.0. The topological polar surface area (TPSA) is 52.6 Å². The average molecular weight is 859 g/mol. The third-order valence-electron chi connectivity index (χ3n) is 12.0. The quantitative estimate of drug-likeness (QED) is 0.127. The van der Waals surface area contributed by atoms with Crippen molar-refractivity contribution < 1.29 is 41.2 Å². The summed E-state index contributed by atoms with van der Waals surface area (Å²) in [4.78, 5) is 3.84. The molecule has 0 fully saturated rings. The van der Waals surface area contributed by atoms with Gasteiger partial charge in [-0.1, -0.05) is 24.3 Å². The summed E-state index contributed by atoms with van der Waals surface area (Å²) < 4.78 is 89.7. The molecule has 10 rings (SSSR count). The molecule has 1 spiro atoms. The van der Waals surface area contributed by atoms with E-state index in [4.69, 9.17) is 23.7 Å². The normalized spacial score (nSPS) is 12.6. The highest BCUT2D eigenvalue weighted by Gasteiger charge is 2.52. The van der Waals surface area contributed by atoms with E-state index in [-0.39, 0.29) is 23.0 Å². The van der Waals surface area contributed by atoms with Crippen LogP contribution in [0.3, 0.4) is 0 Å². The first-order chi connectivity index (χ1) is 31.1. The van der Waals surface area contributed by atoms with Crippen LogP contribution in [0.15, 0.2) is 158 Å². The molecular formula is C53H38F4N2O5. The van der Waals surface area contributed by atoms with Crippen molar-refractivity contribution in [2.45, 2.75) is 5.41 Å². The van der Waals surface area contributed by atoms with E-state index in [2.05, 4.69) is 0 Å². The molecule has 0 radical (unpaired) electrons. The molecule has 318 valence electrons. The number of methoxy groups -OCH3 is 4. The first kappa shape index (κ1) is 40.2. The van der Waals surface area contributed by atoms with Crippen molar-refractivity contribution in [3.8, 4) is 45.6 Å². The van der Waals surface area contributed by atoms with Crippen molar-refractivity contribution >= 4 is 34.1 Å². The molecule has 0 atom stereocenters. The molecule has 8 aromatic rings. The molecule has 0 saturated heterocycles. The lowest BCUT2D eigenvalue weighted by Gasteiger charge is -2.40. The molecule has 1 aliphatic heterocycles. The molecule has 0 amide bonds. The van der Waals surface area contributed by atoms with E-state index in [9.17, 15) is 0 Å². The maximum absolute atomic E-state index is 15.6. The number of ether oxygens (including phenoxy) is 5. The molecule has 0 N–H and O–H groups in total. The fraction of sp³-hybridized carbons (Fsp3) is 0.0943. The molecule has 0 aromatic heterocycles. The van der Waals surface area contributed by atoms with E-state index < -0.39 is 28.7 Å². The van der Waals surface area contributed by atoms with Crippen molar-refractivity contribution in [2.75, 3.05) is 38.2 Å². The summed E-state index contributed by atoms with van der Waals surface area (Å²) in [5, 5.41) is 0. The van der Waals surface area contributed by atoms with Gasteiger partial charge in [-0.15, -0.1) is 0 Å². The minimum atomic E-state index is -1.24. The SMILES string of the molecule is COc1ccc(N(c2ccc(OC)c(F)c2)c2ccc3c(c2)C2(c4ccc(F)cc4Oc4cc(F)ccc42)c2cc(N(c4ccc(OC)cc4)c4ccc(OC)c(F)c4)ccc2-3)cc1. The highest BCUT2D eigenvalue weighted by atomic mass is 19.1. The summed E-state index contributed by atoms with van der Waals surface area (Å²) in [7, 11) is 5.99. The number of hydrogen-bond acceptors (Lipinski definition) is 7. The highest BCUT2D eigenvalue weighted by Crippen LogP contribution is 2.63. The van der Waals surface area contributed by atoms with Crippen LogP contribution in [0.5, 0.6) is 34.5 Å². The summed E-state index contributed by atoms with van der Waals surface area (Å²) in [6.45, 7) is 0. The number of halogens is 4. The van der Waals surface area contributed by atoms with Crippen LogP contribution in [0.25, 0.3) is 11.1 Å². The Bertz CT molecular complexity index is 2900. The summed E-state index contributed by atoms with van der Waals surface area (Å²) in [6.07, 6.45) is 0. The molecular weight excluding hydrogens is 821 g/mol. The lowest BCUT2D eigenvalue weighted by molar-refractivity contribution is 0.386. The second-order valence-electron chi connectivity index (χ2n) is 15.3. The molecule has 2 aliphatic rings. The predicted molar refractivity (Wildman–Crippen MR) is 239 cm³/mol. The van der Waals surface area contributed by atoms with Gasteiger partial charge in [-0.25, -0.2) is 17.6 Å². The molecule has 7 nitrogen and oxygen atoms in total. The summed E-state index contributed by atoms with van der Waals surface area (Å²) in [5.41, 5.74) is 6.98. The largest absolute Gasteiger partial charge is 0.497 e. The van der Waals surface area contributed by atoms with Crippen molar-refractivity contribution in [1.29, 1.82) is 0 Å². The Labute approximate surface area is 366 Å². The number of nitrogens with zero attached hydrogens (tertiary/aromatic N) is 2. The average Bonchev–Trinajstić information content (AvgIpc) is 3.58. The summed E-state index contributed by atoms with van der Waals surface area (Å²) in [6, 6.07) is 45.1. The molecule has 0 unspecified atom stereocenters. The van der Waals surface area contributed by atoms with Gasteiger partial charge in [0.2, 0.25) is 0 Å². The van der Waals surface area contributed by atoms with E-state index >= 15 is 17.6 Å². The van der Waals surface area contributed by atoms with Crippen LogP contribution in [-0.2, 0) is 5.41 Å². The van der Waals surface area contributed by atoms with Gasteiger partial charge in [-0.05, 0) is 131 Å². The lowest BCUT2D eigenvalue weighted by Crippen LogP contribution is -2.32. The standard InChI is InChI=1S/C53H38F4N2O5/c1-60-39-15-7-33(8-16-39)58(37-13-23-49(62-3)47(56)29-37)35-11-19-41-42-20-12-36(59(34-9-17-40(61-2)18-10-34)38-14-24-50(63-4)48(57)30-38)28-46(42)53(45(41)27-35)43-21-5-31(54)25-51(43)64-52-26-32(55)6-22-44(52)53/h5-30H,1-4H3. The number of benzene rings is 8. The van der Waals surface area contributed by atoms with Gasteiger partial charge in [0, 0.05) is 69.5 Å². The van der Waals surface area contributed by atoms with Gasteiger partial charge >= 0.3 is 0 Å². The van der Waals surface area contributed by atoms with Crippen LogP contribution in [-0.4, -0.2) is 28.4 Å². The van der Waals surface area contributed by atoms with Crippen molar-refractivity contribution in [3.63, 3.8) is 0 Å². The van der Waals surface area contributed by atoms with Gasteiger partial charge in [-0.3, -0.25) is 0 Å². The number of anilines is 6. The Hall–Kier alpha value is -7.92. The Balaban J connectivity index is 1.26. The Morgan fingerprint density at radius 3 is 1.12 bits per heavy atom. The molecule has 0 saturated carbocycles. The first-order valence-corrected chi connectivity index (χ1v) is 20.3. The molecule has 8 aromatic carbocycles. The van der Waals surface area contributed by atoms with E-state index in [1.165, 1.54) is 50.6 Å². The van der Waals surface area contributed by atoms with Crippen molar-refractivity contribution in [2.24, 2.45) is 0 Å². The second-order valence-corrected chi connectivity index (χ2v) is 15.3. The van der Waals surface area contributed by atoms with Crippen LogP contribution in [0.1, 0.15) is 22.3 Å². The lowest BCUT2D eigenvalue weighted by atomic mass is 9.66. The van der Waals surface area contributed by atoms with Gasteiger partial charge in [0.1, 0.15) is 34.6 Å². The van der Waals surface area contributed by atoms with Gasteiger partial charge < -0.3 is 33.5 Å². The van der Waals surface area contributed by atoms with E-state index in [1.54, 1.807) is 50.6 Å². The van der Waals surface area contributed by atoms with Gasteiger partial charge in [0.05, 0.1) is 33.9 Å². The van der Waals surface area contributed by atoms with Gasteiger partial charge in [0.25, 0.3) is 0 Å². The number of fused-ring (bicyclic) bond motifs is 9. The maximum Gasteiger partial charge on any atom is 0.167 e. The molecule has 11 heteroatoms. The Kier molecular flexibility index (Phi) is 9.90. The third kappa shape index (κ3) is 6.42. The Morgan fingerprint density at radius 2 is 0.750 bits per heavy atom. The van der Waals surface area contributed by atoms with Crippen LogP contribution >= 0.6 is 0 Å². The molecule has 64 heavy (non-hydrogen) atoms. The maximum atomic E-state index is 15.6. The zero-order chi connectivity index (χ0) is 44.3. The first-order valence-electron chi connectivity index (χ1n) is 20.3. The van der Waals surface area contributed by atoms with Crippen molar-refractivity contribution in [3.05, 3.63) is 203 Å². The smallest absolute Gasteiger partial charge is 0.167 e. The monoisotopic (exact) mass is 858 g/mol. The van der Waals surface area contributed by atoms with Crippen LogP contribution in [0.2, 0.25) is 0 Å². The van der Waals surface area contributed by atoms with Crippen molar-refractivity contribution in [1.82, 2.24) is 0 Å². The fourth-order valence-corrected chi connectivity index (χ4v) is 9.15. The number of hydrogen-bond donors (Lipinski definition) is 0. The zero-order valence-corrected chi connectivity index (χ0v) is 35.0. The number of rotatable bonds is 10. The summed E-state index contributed by atoms with van der Waals surface area (Å²) >= 11 is 0. The van der Waals surface area contributed by atoms with Gasteiger partial charge in [0.15, 0.2) is 23.1 Å². The molecule has 1 aliphatic carbocycles. The Morgan fingerprint density at radius 1 is 0.375 bits per heavy atom. The molecule has 0 bridgehead atoms. The van der Waals surface area contributed by atoms with Crippen LogP contribution in [0, 0.1) is 23.3 Å². The highest BCUT2D eigenvalue weighted by molar-refractivity contribution is 5.93. The van der Waals surface area contributed by atoms with Gasteiger partial charge in [-0.2, -0.15) is 0 Å². The fourth-order valence-electron chi connectivity index (χ4n) is 9.15.